The van der Waals surface area contributed by atoms with Crippen LogP contribution in [-0.4, -0.2) is 26.3 Å². The molecule has 0 aliphatic heterocycles. The molecule has 0 unspecified atom stereocenters. The number of anilines is 1. The predicted molar refractivity (Wildman–Crippen MR) is 86.7 cm³/mol. The fraction of sp³-hybridized carbons (Fsp3) is 0.0714. The first-order valence-electron chi connectivity index (χ1n) is 6.45. The summed E-state index contributed by atoms with van der Waals surface area (Å²) in [5.74, 6) is -0.213. The van der Waals surface area contributed by atoms with Crippen molar-refractivity contribution in [3.63, 3.8) is 0 Å². The number of nitrogens with zero attached hydrogens (tertiary/aromatic N) is 3. The number of nitro benzene ring substituents is 1. The SMILES string of the molecule is CN(C(N)=NS(=O)(=O)c1ccc([N+](=O)[O-])cc1)c1ccccc1. The number of benzene rings is 2. The third kappa shape index (κ3) is 3.83. The van der Waals surface area contributed by atoms with E-state index in [0.717, 1.165) is 24.3 Å². The van der Waals surface area contributed by atoms with E-state index in [1.165, 1.54) is 4.90 Å². The summed E-state index contributed by atoms with van der Waals surface area (Å²) in [6.07, 6.45) is 0. The van der Waals surface area contributed by atoms with Crippen LogP contribution in [0.5, 0.6) is 0 Å². The summed E-state index contributed by atoms with van der Waals surface area (Å²) in [4.78, 5) is 11.2. The lowest BCUT2D eigenvalue weighted by molar-refractivity contribution is -0.384. The standard InChI is InChI=1S/C14H14N4O4S/c1-17(11-5-3-2-4-6-11)14(15)16-23(21,22)13-9-7-12(8-10-13)18(19)20/h2-10H,1H3,(H2,15,16). The van der Waals surface area contributed by atoms with Crippen LogP contribution in [0.25, 0.3) is 0 Å². The van der Waals surface area contributed by atoms with Crippen molar-refractivity contribution in [1.29, 1.82) is 0 Å². The molecular formula is C14H14N4O4S. The topological polar surface area (TPSA) is 119 Å². The second kappa shape index (κ2) is 6.44. The summed E-state index contributed by atoms with van der Waals surface area (Å²) in [7, 11) is -2.47. The molecule has 0 aliphatic carbocycles. The summed E-state index contributed by atoms with van der Waals surface area (Å²) < 4.78 is 27.9. The molecule has 0 saturated carbocycles. The Bertz CT molecular complexity index is 833. The Hall–Kier alpha value is -2.94. The number of hydrogen-bond acceptors (Lipinski definition) is 4. The lowest BCUT2D eigenvalue weighted by atomic mass is 10.3. The fourth-order valence-corrected chi connectivity index (χ4v) is 2.71. The molecule has 0 spiro atoms. The molecule has 2 N–H and O–H groups in total. The number of sulfonamides is 1. The molecule has 9 heteroatoms. The third-order valence-corrected chi connectivity index (χ3v) is 4.34. The maximum atomic E-state index is 12.2. The van der Waals surface area contributed by atoms with E-state index in [1.807, 2.05) is 6.07 Å². The van der Waals surface area contributed by atoms with Gasteiger partial charge in [-0.2, -0.15) is 8.42 Å². The monoisotopic (exact) mass is 334 g/mol. The highest BCUT2D eigenvalue weighted by Crippen LogP contribution is 2.18. The molecule has 23 heavy (non-hydrogen) atoms. The molecule has 0 amide bonds. The molecule has 2 rings (SSSR count). The summed E-state index contributed by atoms with van der Waals surface area (Å²) in [5, 5.41) is 10.6. The minimum Gasteiger partial charge on any atom is -0.369 e. The second-order valence-electron chi connectivity index (χ2n) is 4.57. The van der Waals surface area contributed by atoms with E-state index in [0.29, 0.717) is 5.69 Å². The third-order valence-electron chi connectivity index (χ3n) is 3.05. The van der Waals surface area contributed by atoms with Gasteiger partial charge in [-0.15, -0.1) is 4.40 Å². The average molecular weight is 334 g/mol. The van der Waals surface area contributed by atoms with Gasteiger partial charge in [-0.25, -0.2) is 0 Å². The van der Waals surface area contributed by atoms with Crippen LogP contribution in [-0.2, 0) is 10.0 Å². The van der Waals surface area contributed by atoms with E-state index in [4.69, 9.17) is 5.73 Å². The van der Waals surface area contributed by atoms with Crippen molar-refractivity contribution >= 4 is 27.4 Å². The highest BCUT2D eigenvalue weighted by atomic mass is 32.2. The molecule has 120 valence electrons. The number of non-ortho nitro benzene ring substituents is 1. The summed E-state index contributed by atoms with van der Waals surface area (Å²) in [6, 6.07) is 13.3. The zero-order chi connectivity index (χ0) is 17.0. The first-order chi connectivity index (χ1) is 10.8. The Labute approximate surface area is 133 Å². The van der Waals surface area contributed by atoms with Crippen molar-refractivity contribution in [3.05, 3.63) is 64.7 Å². The van der Waals surface area contributed by atoms with Crippen molar-refractivity contribution in [1.82, 2.24) is 0 Å². The molecule has 0 bridgehead atoms. The average Bonchev–Trinajstić information content (AvgIpc) is 2.54. The van der Waals surface area contributed by atoms with Crippen molar-refractivity contribution < 1.29 is 13.3 Å². The Morgan fingerprint density at radius 1 is 1.13 bits per heavy atom. The Kier molecular flexibility index (Phi) is 4.60. The van der Waals surface area contributed by atoms with Gasteiger partial charge >= 0.3 is 0 Å². The van der Waals surface area contributed by atoms with Crippen LogP contribution in [0, 0.1) is 10.1 Å². The highest BCUT2D eigenvalue weighted by molar-refractivity contribution is 7.90. The molecule has 0 heterocycles. The van der Waals surface area contributed by atoms with Crippen molar-refractivity contribution in [2.24, 2.45) is 10.1 Å². The van der Waals surface area contributed by atoms with Crippen LogP contribution in [0.2, 0.25) is 0 Å². The highest BCUT2D eigenvalue weighted by Gasteiger charge is 2.17. The smallest absolute Gasteiger partial charge is 0.285 e. The predicted octanol–water partition coefficient (Wildman–Crippen LogP) is 1.73. The van der Waals surface area contributed by atoms with Gasteiger partial charge in [-0.1, -0.05) is 18.2 Å². The maximum Gasteiger partial charge on any atom is 0.285 e. The van der Waals surface area contributed by atoms with E-state index in [9.17, 15) is 18.5 Å². The summed E-state index contributed by atoms with van der Waals surface area (Å²) >= 11 is 0. The fourth-order valence-electron chi connectivity index (χ4n) is 1.76. The van der Waals surface area contributed by atoms with E-state index in [2.05, 4.69) is 4.40 Å². The number of nitrogens with two attached hydrogens (primary N) is 1. The van der Waals surface area contributed by atoms with Gasteiger partial charge in [0, 0.05) is 24.9 Å². The van der Waals surface area contributed by atoms with E-state index < -0.39 is 14.9 Å². The van der Waals surface area contributed by atoms with Crippen LogP contribution >= 0.6 is 0 Å². The molecule has 0 atom stereocenters. The number of guanidine groups is 1. The Morgan fingerprint density at radius 2 is 1.70 bits per heavy atom. The summed E-state index contributed by atoms with van der Waals surface area (Å²) in [6.45, 7) is 0. The van der Waals surface area contributed by atoms with Gasteiger partial charge in [-0.3, -0.25) is 10.1 Å². The number of rotatable bonds is 4. The molecule has 2 aromatic rings. The van der Waals surface area contributed by atoms with E-state index >= 15 is 0 Å². The molecule has 0 aliphatic rings. The zero-order valence-corrected chi connectivity index (χ0v) is 13.0. The van der Waals surface area contributed by atoms with Crippen LogP contribution in [0.1, 0.15) is 0 Å². The van der Waals surface area contributed by atoms with Gasteiger partial charge in [0.2, 0.25) is 5.96 Å². The van der Waals surface area contributed by atoms with E-state index in [1.54, 1.807) is 31.3 Å². The van der Waals surface area contributed by atoms with Crippen molar-refractivity contribution in [2.45, 2.75) is 4.90 Å². The summed E-state index contributed by atoms with van der Waals surface area (Å²) in [5.41, 5.74) is 6.21. The normalized spacial score (nSPS) is 12.0. The molecule has 0 fully saturated rings. The Balaban J connectivity index is 2.30. The first-order valence-corrected chi connectivity index (χ1v) is 7.89. The van der Waals surface area contributed by atoms with Gasteiger partial charge in [0.05, 0.1) is 9.82 Å². The second-order valence-corrected chi connectivity index (χ2v) is 6.17. The van der Waals surface area contributed by atoms with Gasteiger partial charge in [-0.05, 0) is 24.3 Å². The van der Waals surface area contributed by atoms with Crippen molar-refractivity contribution in [2.75, 3.05) is 11.9 Å². The van der Waals surface area contributed by atoms with Gasteiger partial charge in [0.15, 0.2) is 0 Å². The molecule has 0 radical (unpaired) electrons. The van der Waals surface area contributed by atoms with Crippen LogP contribution in [0.15, 0.2) is 63.9 Å². The van der Waals surface area contributed by atoms with Crippen LogP contribution < -0.4 is 10.6 Å². The molecule has 0 aromatic heterocycles. The lowest BCUT2D eigenvalue weighted by Gasteiger charge is -2.17. The minimum atomic E-state index is -4.06. The molecular weight excluding hydrogens is 320 g/mol. The molecule has 0 saturated heterocycles. The van der Waals surface area contributed by atoms with Crippen LogP contribution in [0.3, 0.4) is 0 Å². The first kappa shape index (κ1) is 16.4. The van der Waals surface area contributed by atoms with Crippen molar-refractivity contribution in [3.8, 4) is 0 Å². The molecule has 8 nitrogen and oxygen atoms in total. The number of nitro groups is 1. The lowest BCUT2D eigenvalue weighted by Crippen LogP contribution is -2.34. The maximum absolute atomic E-state index is 12.2. The molecule has 2 aromatic carbocycles. The van der Waals surface area contributed by atoms with Crippen LogP contribution in [0.4, 0.5) is 11.4 Å². The quantitative estimate of drug-likeness (QED) is 0.393. The largest absolute Gasteiger partial charge is 0.369 e. The Morgan fingerprint density at radius 3 is 2.22 bits per heavy atom. The van der Waals surface area contributed by atoms with Gasteiger partial charge in [0.1, 0.15) is 0 Å². The van der Waals surface area contributed by atoms with Gasteiger partial charge in [0.25, 0.3) is 15.7 Å². The van der Waals surface area contributed by atoms with Gasteiger partial charge < -0.3 is 10.6 Å². The van der Waals surface area contributed by atoms with E-state index in [-0.39, 0.29) is 16.5 Å². The minimum absolute atomic E-state index is 0.174. The zero-order valence-electron chi connectivity index (χ0n) is 12.2. The number of hydrogen-bond donors (Lipinski definition) is 1. The number of para-hydroxylation sites is 1.